The molecule has 0 bridgehead atoms. The number of halogens is 2. The summed E-state index contributed by atoms with van der Waals surface area (Å²) in [4.78, 5) is 32.4. The molecule has 1 amide bonds. The molecular formula is C18H16Cl2N4O3. The summed E-state index contributed by atoms with van der Waals surface area (Å²) >= 11 is 11.9. The van der Waals surface area contributed by atoms with Crippen LogP contribution in [-0.2, 0) is 18.3 Å². The van der Waals surface area contributed by atoms with Crippen molar-refractivity contribution in [3.63, 3.8) is 0 Å². The van der Waals surface area contributed by atoms with Gasteiger partial charge in [-0.15, -0.1) is 0 Å². The Morgan fingerprint density at radius 3 is 3.00 bits per heavy atom. The first-order valence-corrected chi connectivity index (χ1v) is 8.34. The predicted octanol–water partition coefficient (Wildman–Crippen LogP) is 2.35. The van der Waals surface area contributed by atoms with Gasteiger partial charge in [-0.2, -0.15) is 0 Å². The van der Waals surface area contributed by atoms with Crippen LogP contribution in [0.5, 0.6) is 5.75 Å². The smallest absolute Gasteiger partial charge is 0.293 e. The summed E-state index contributed by atoms with van der Waals surface area (Å²) in [5, 5.41) is 2.39. The fourth-order valence-corrected chi connectivity index (χ4v) is 2.82. The molecule has 27 heavy (non-hydrogen) atoms. The lowest BCUT2D eigenvalue weighted by Gasteiger charge is -2.11. The molecule has 1 aromatic carbocycles. The van der Waals surface area contributed by atoms with Gasteiger partial charge in [-0.05, 0) is 35.4 Å². The van der Waals surface area contributed by atoms with Gasteiger partial charge in [0.15, 0.2) is 12.3 Å². The fourth-order valence-electron chi connectivity index (χ4n) is 2.51. The topological polar surface area (TPSA) is 86.1 Å². The number of nitrogens with one attached hydrogen (secondary N) is 1. The Balaban J connectivity index is 1.98. The number of nitrogens with zero attached hydrogens (tertiary/aromatic N) is 3. The maximum Gasteiger partial charge on any atom is 0.293 e. The quantitative estimate of drug-likeness (QED) is 0.651. The minimum absolute atomic E-state index is 0.0424. The van der Waals surface area contributed by atoms with Gasteiger partial charge in [0.25, 0.3) is 11.5 Å². The van der Waals surface area contributed by atoms with E-state index in [0.717, 1.165) is 5.56 Å². The van der Waals surface area contributed by atoms with E-state index in [1.54, 1.807) is 18.2 Å². The van der Waals surface area contributed by atoms with E-state index in [1.165, 1.54) is 29.2 Å². The van der Waals surface area contributed by atoms with Crippen LogP contribution in [0.3, 0.4) is 0 Å². The van der Waals surface area contributed by atoms with Gasteiger partial charge in [-0.25, -0.2) is 9.97 Å². The molecule has 0 aliphatic rings. The van der Waals surface area contributed by atoms with Crippen molar-refractivity contribution >= 4 is 40.0 Å². The highest BCUT2D eigenvalue weighted by Crippen LogP contribution is 2.22. The van der Waals surface area contributed by atoms with Crippen LogP contribution in [0.25, 0.3) is 10.9 Å². The fraction of sp³-hybridized carbons (Fsp3) is 0.222. The molecule has 0 aliphatic heterocycles. The third-order valence-corrected chi connectivity index (χ3v) is 4.28. The molecule has 0 saturated carbocycles. The standard InChI is InChI=1S/C18H16Cl2N4O3/c1-21-16(25)9-27-15-7-11-5-10(3-4-14(11)24(2)17(15)26)6-13-12(19)8-22-18(20)23-13/h3-5,7-8H,6,9H2,1-2H3,(H,21,25)/i1D3,9D2. The van der Waals surface area contributed by atoms with Gasteiger partial charge < -0.3 is 14.6 Å². The van der Waals surface area contributed by atoms with Gasteiger partial charge in [0.2, 0.25) is 5.28 Å². The van der Waals surface area contributed by atoms with Crippen molar-refractivity contribution in [3.05, 3.63) is 62.4 Å². The molecule has 3 rings (SSSR count). The van der Waals surface area contributed by atoms with Crippen LogP contribution in [-0.4, -0.2) is 34.0 Å². The van der Waals surface area contributed by atoms with Crippen LogP contribution in [0.1, 0.15) is 18.1 Å². The van der Waals surface area contributed by atoms with E-state index in [4.69, 9.17) is 34.8 Å². The first kappa shape index (κ1) is 13.5. The Morgan fingerprint density at radius 1 is 1.41 bits per heavy atom. The normalized spacial score (nSPS) is 14.6. The number of carbonyl (C=O) groups is 1. The Morgan fingerprint density at radius 2 is 2.22 bits per heavy atom. The summed E-state index contributed by atoms with van der Waals surface area (Å²) in [6, 6.07) is 6.43. The largest absolute Gasteiger partial charge is 0.478 e. The number of aromatic nitrogens is 3. The molecule has 140 valence electrons. The molecule has 0 radical (unpaired) electrons. The van der Waals surface area contributed by atoms with Gasteiger partial charge in [-0.1, -0.05) is 17.7 Å². The van der Waals surface area contributed by atoms with E-state index in [0.29, 0.717) is 28.0 Å². The van der Waals surface area contributed by atoms with Gasteiger partial charge in [0, 0.05) is 29.9 Å². The minimum atomic E-state index is -3.10. The van der Waals surface area contributed by atoms with E-state index >= 15 is 0 Å². The molecule has 1 N–H and O–H groups in total. The van der Waals surface area contributed by atoms with Crippen LogP contribution >= 0.6 is 23.2 Å². The Kier molecular flexibility index (Phi) is 3.97. The summed E-state index contributed by atoms with van der Waals surface area (Å²) in [6.45, 7) is -6.01. The molecule has 0 saturated heterocycles. The second kappa shape index (κ2) is 7.94. The van der Waals surface area contributed by atoms with Crippen molar-refractivity contribution in [1.82, 2.24) is 19.9 Å². The summed E-state index contributed by atoms with van der Waals surface area (Å²) in [6.07, 6.45) is 1.69. The lowest BCUT2D eigenvalue weighted by Crippen LogP contribution is -2.27. The van der Waals surface area contributed by atoms with Crippen LogP contribution < -0.4 is 15.6 Å². The molecule has 0 spiro atoms. The van der Waals surface area contributed by atoms with E-state index < -0.39 is 30.8 Å². The molecule has 0 unspecified atom stereocenters. The van der Waals surface area contributed by atoms with Crippen molar-refractivity contribution in [2.45, 2.75) is 6.42 Å². The third kappa shape index (κ3) is 4.20. The maximum absolute atomic E-state index is 12.6. The zero-order valence-electron chi connectivity index (χ0n) is 18.9. The second-order valence-corrected chi connectivity index (χ2v) is 6.28. The molecule has 9 heteroatoms. The van der Waals surface area contributed by atoms with Gasteiger partial charge in [-0.3, -0.25) is 9.59 Å². The average molecular weight is 412 g/mol. The summed E-state index contributed by atoms with van der Waals surface area (Å²) in [5.41, 5.74) is 1.05. The number of benzene rings is 1. The van der Waals surface area contributed by atoms with Crippen molar-refractivity contribution in [1.29, 1.82) is 0 Å². The highest BCUT2D eigenvalue weighted by molar-refractivity contribution is 6.32. The zero-order valence-corrected chi connectivity index (χ0v) is 15.4. The molecule has 0 fully saturated rings. The number of pyridine rings is 1. The SMILES string of the molecule is [2H]C([2H])([2H])NC(=O)C([2H])([2H])Oc1cc2cc(Cc3nc(Cl)ncc3Cl)ccc2n(C)c1=O. The molecule has 0 aliphatic carbocycles. The van der Waals surface area contributed by atoms with E-state index in [2.05, 4.69) is 9.97 Å². The number of hydrogen-bond acceptors (Lipinski definition) is 5. The Bertz CT molecular complexity index is 1260. The summed E-state index contributed by atoms with van der Waals surface area (Å²) < 4.78 is 42.8. The summed E-state index contributed by atoms with van der Waals surface area (Å²) in [5.74, 6) is -2.00. The van der Waals surface area contributed by atoms with Crippen LogP contribution in [0, 0.1) is 0 Å². The number of likely N-dealkylation sites (N-methyl/N-ethyl adjacent to an activating group) is 1. The number of aryl methyl sites for hydroxylation is 1. The number of hydrogen-bond donors (Lipinski definition) is 1. The molecule has 7 nitrogen and oxygen atoms in total. The van der Waals surface area contributed by atoms with E-state index in [-0.39, 0.29) is 5.28 Å². The van der Waals surface area contributed by atoms with Crippen molar-refractivity contribution in [2.75, 3.05) is 13.5 Å². The minimum Gasteiger partial charge on any atom is -0.478 e. The average Bonchev–Trinajstić information content (AvgIpc) is 2.67. The first-order valence-electron chi connectivity index (χ1n) is 10.1. The lowest BCUT2D eigenvalue weighted by atomic mass is 10.1. The number of fused-ring (bicyclic) bond motifs is 1. The van der Waals surface area contributed by atoms with E-state index in [9.17, 15) is 9.59 Å². The Hall–Kier alpha value is -2.64. The number of carbonyl (C=O) groups excluding carboxylic acids is 1. The third-order valence-electron chi connectivity index (χ3n) is 3.78. The second-order valence-electron chi connectivity index (χ2n) is 5.53. The van der Waals surface area contributed by atoms with Crippen molar-refractivity contribution in [3.8, 4) is 5.75 Å². The van der Waals surface area contributed by atoms with Crippen LogP contribution in [0.4, 0.5) is 0 Å². The number of ether oxygens (including phenoxy) is 1. The molecule has 3 aromatic rings. The van der Waals surface area contributed by atoms with Crippen LogP contribution in [0.2, 0.25) is 10.3 Å². The van der Waals surface area contributed by atoms with Gasteiger partial charge >= 0.3 is 0 Å². The molecule has 0 atom stereocenters. The van der Waals surface area contributed by atoms with Crippen molar-refractivity contribution < 1.29 is 16.4 Å². The highest BCUT2D eigenvalue weighted by Gasteiger charge is 2.11. The lowest BCUT2D eigenvalue weighted by molar-refractivity contribution is -0.122. The Labute approximate surface area is 171 Å². The molecular weight excluding hydrogens is 391 g/mol. The van der Waals surface area contributed by atoms with E-state index in [1.807, 2.05) is 0 Å². The van der Waals surface area contributed by atoms with Gasteiger partial charge in [0.1, 0.15) is 0 Å². The molecule has 2 heterocycles. The number of amides is 1. The first-order chi connectivity index (χ1) is 14.8. The van der Waals surface area contributed by atoms with Gasteiger partial charge in [0.05, 0.1) is 25.2 Å². The predicted molar refractivity (Wildman–Crippen MR) is 104 cm³/mol. The highest BCUT2D eigenvalue weighted by atomic mass is 35.5. The number of rotatable bonds is 5. The summed E-state index contributed by atoms with van der Waals surface area (Å²) in [7, 11) is 1.45. The molecule has 2 aromatic heterocycles. The monoisotopic (exact) mass is 411 g/mol. The van der Waals surface area contributed by atoms with Crippen molar-refractivity contribution in [2.24, 2.45) is 7.05 Å². The zero-order chi connectivity index (χ0) is 23.8. The maximum atomic E-state index is 12.6. The van der Waals surface area contributed by atoms with Crippen LogP contribution in [0.15, 0.2) is 35.3 Å².